The van der Waals surface area contributed by atoms with Gasteiger partial charge in [0.25, 0.3) is 0 Å². The summed E-state index contributed by atoms with van der Waals surface area (Å²) in [6, 6.07) is 16.7. The molecule has 0 bridgehead atoms. The number of para-hydroxylation sites is 1. The van der Waals surface area contributed by atoms with Gasteiger partial charge >= 0.3 is 0 Å². The maximum Gasteiger partial charge on any atom is 0.119 e. The van der Waals surface area contributed by atoms with Gasteiger partial charge in [-0.2, -0.15) is 0 Å². The van der Waals surface area contributed by atoms with Gasteiger partial charge in [-0.1, -0.05) is 24.3 Å². The van der Waals surface area contributed by atoms with Crippen molar-refractivity contribution in [3.63, 3.8) is 0 Å². The monoisotopic (exact) mass is 282 g/mol. The van der Waals surface area contributed by atoms with Crippen LogP contribution in [0.3, 0.4) is 0 Å². The number of nitrogen functional groups attached to an aromatic ring is 1. The second-order valence-corrected chi connectivity index (χ2v) is 5.52. The van der Waals surface area contributed by atoms with Crippen LogP contribution in [0.2, 0.25) is 0 Å². The minimum absolute atomic E-state index is 0.470. The van der Waals surface area contributed by atoms with E-state index in [0.29, 0.717) is 6.04 Å². The fourth-order valence-corrected chi connectivity index (χ4v) is 2.90. The Labute approximate surface area is 126 Å². The highest BCUT2D eigenvalue weighted by atomic mass is 16.5. The lowest BCUT2D eigenvalue weighted by molar-refractivity contribution is 0.304. The molecule has 3 rings (SSSR count). The molecular formula is C18H22N2O. The Balaban J connectivity index is 1.41. The van der Waals surface area contributed by atoms with Gasteiger partial charge in [0.1, 0.15) is 5.75 Å². The summed E-state index contributed by atoms with van der Waals surface area (Å²) in [5.41, 5.74) is 9.51. The highest BCUT2D eigenvalue weighted by Crippen LogP contribution is 2.32. The molecule has 1 aliphatic rings. The summed E-state index contributed by atoms with van der Waals surface area (Å²) >= 11 is 0. The van der Waals surface area contributed by atoms with Gasteiger partial charge in [-0.05, 0) is 61.2 Å². The molecule has 2 aromatic rings. The normalized spacial score (nSPS) is 16.7. The van der Waals surface area contributed by atoms with E-state index in [2.05, 4.69) is 17.4 Å². The molecule has 0 amide bonds. The van der Waals surface area contributed by atoms with Crippen LogP contribution >= 0.6 is 0 Å². The quantitative estimate of drug-likeness (QED) is 0.631. The molecule has 0 heterocycles. The van der Waals surface area contributed by atoms with Crippen molar-refractivity contribution in [1.82, 2.24) is 5.32 Å². The fraction of sp³-hybridized carbons (Fsp3) is 0.333. The van der Waals surface area contributed by atoms with Gasteiger partial charge < -0.3 is 15.8 Å². The smallest absolute Gasteiger partial charge is 0.119 e. The van der Waals surface area contributed by atoms with E-state index in [1.807, 2.05) is 36.4 Å². The number of aryl methyl sites for hydroxylation is 1. The van der Waals surface area contributed by atoms with Gasteiger partial charge in [-0.25, -0.2) is 0 Å². The van der Waals surface area contributed by atoms with Gasteiger partial charge in [-0.15, -0.1) is 0 Å². The molecule has 0 saturated carbocycles. The molecule has 1 aliphatic carbocycles. The third kappa shape index (κ3) is 3.56. The highest BCUT2D eigenvalue weighted by Gasteiger charge is 2.21. The van der Waals surface area contributed by atoms with E-state index in [-0.39, 0.29) is 0 Å². The lowest BCUT2D eigenvalue weighted by Gasteiger charge is -2.14. The van der Waals surface area contributed by atoms with Crippen molar-refractivity contribution >= 4 is 5.69 Å². The Morgan fingerprint density at radius 3 is 2.86 bits per heavy atom. The van der Waals surface area contributed by atoms with Crippen molar-refractivity contribution in [3.05, 3.63) is 59.7 Å². The Morgan fingerprint density at radius 2 is 2.00 bits per heavy atom. The summed E-state index contributed by atoms with van der Waals surface area (Å²) in [6.45, 7) is 1.72. The first-order valence-electron chi connectivity index (χ1n) is 7.62. The van der Waals surface area contributed by atoms with Crippen LogP contribution in [0.15, 0.2) is 48.5 Å². The van der Waals surface area contributed by atoms with Crippen LogP contribution in [-0.2, 0) is 6.42 Å². The minimum atomic E-state index is 0.470. The Hall–Kier alpha value is -2.00. The number of rotatable bonds is 6. The Kier molecular flexibility index (Phi) is 4.41. The van der Waals surface area contributed by atoms with E-state index >= 15 is 0 Å². The molecule has 110 valence electrons. The number of fused-ring (bicyclic) bond motifs is 1. The first-order valence-corrected chi connectivity index (χ1v) is 7.62. The molecular weight excluding hydrogens is 260 g/mol. The van der Waals surface area contributed by atoms with Crippen molar-refractivity contribution in [2.45, 2.75) is 25.3 Å². The molecule has 1 atom stereocenters. The van der Waals surface area contributed by atoms with Crippen LogP contribution in [0.4, 0.5) is 5.69 Å². The lowest BCUT2D eigenvalue weighted by Crippen LogP contribution is -2.21. The summed E-state index contributed by atoms with van der Waals surface area (Å²) in [4.78, 5) is 0. The first kappa shape index (κ1) is 14.0. The molecule has 0 fully saturated rings. The van der Waals surface area contributed by atoms with Gasteiger partial charge in [0.2, 0.25) is 0 Å². The van der Waals surface area contributed by atoms with Gasteiger partial charge in [0, 0.05) is 11.7 Å². The predicted octanol–water partition coefficient (Wildman–Crippen LogP) is 3.31. The zero-order chi connectivity index (χ0) is 14.5. The van der Waals surface area contributed by atoms with E-state index in [9.17, 15) is 0 Å². The third-order valence-corrected chi connectivity index (χ3v) is 3.97. The topological polar surface area (TPSA) is 47.3 Å². The van der Waals surface area contributed by atoms with E-state index in [0.717, 1.165) is 37.4 Å². The molecule has 2 aromatic carbocycles. The SMILES string of the molecule is Nc1ccc2c(c1)CCC2NCCCOc1ccccc1. The van der Waals surface area contributed by atoms with Crippen LogP contribution in [0.1, 0.15) is 30.0 Å². The van der Waals surface area contributed by atoms with E-state index in [1.54, 1.807) is 0 Å². The molecule has 3 heteroatoms. The predicted molar refractivity (Wildman–Crippen MR) is 86.5 cm³/mol. The van der Waals surface area contributed by atoms with Gasteiger partial charge in [0.05, 0.1) is 6.61 Å². The molecule has 3 nitrogen and oxygen atoms in total. The zero-order valence-electron chi connectivity index (χ0n) is 12.2. The van der Waals surface area contributed by atoms with Crippen LogP contribution in [0, 0.1) is 0 Å². The van der Waals surface area contributed by atoms with Crippen molar-refractivity contribution < 1.29 is 4.74 Å². The molecule has 0 radical (unpaired) electrons. The second kappa shape index (κ2) is 6.64. The van der Waals surface area contributed by atoms with E-state index < -0.39 is 0 Å². The number of hydrogen-bond acceptors (Lipinski definition) is 3. The van der Waals surface area contributed by atoms with Crippen LogP contribution in [0.5, 0.6) is 5.75 Å². The Bertz CT molecular complexity index is 583. The number of anilines is 1. The number of nitrogens with one attached hydrogen (secondary N) is 1. The average Bonchev–Trinajstić information content (AvgIpc) is 2.90. The summed E-state index contributed by atoms with van der Waals surface area (Å²) in [6.07, 6.45) is 3.30. The summed E-state index contributed by atoms with van der Waals surface area (Å²) in [5.74, 6) is 0.944. The lowest BCUT2D eigenvalue weighted by atomic mass is 10.1. The number of hydrogen-bond donors (Lipinski definition) is 2. The average molecular weight is 282 g/mol. The fourth-order valence-electron chi connectivity index (χ4n) is 2.90. The maximum atomic E-state index is 5.83. The molecule has 0 spiro atoms. The molecule has 3 N–H and O–H groups in total. The molecule has 1 unspecified atom stereocenters. The van der Waals surface area contributed by atoms with E-state index in [1.165, 1.54) is 17.5 Å². The highest BCUT2D eigenvalue weighted by molar-refractivity contribution is 5.47. The summed E-state index contributed by atoms with van der Waals surface area (Å²) in [5, 5.41) is 3.62. The largest absolute Gasteiger partial charge is 0.494 e. The van der Waals surface area contributed by atoms with Crippen molar-refractivity contribution in [2.24, 2.45) is 0 Å². The molecule has 0 saturated heterocycles. The van der Waals surface area contributed by atoms with Crippen LogP contribution in [-0.4, -0.2) is 13.2 Å². The second-order valence-electron chi connectivity index (χ2n) is 5.52. The summed E-state index contributed by atoms with van der Waals surface area (Å²) < 4.78 is 5.70. The molecule has 0 aliphatic heterocycles. The standard InChI is InChI=1S/C18H22N2O/c19-15-8-9-17-14(13-15)7-10-18(17)20-11-4-12-21-16-5-2-1-3-6-16/h1-3,5-6,8-9,13,18,20H,4,7,10-12,19H2. The van der Waals surface area contributed by atoms with Gasteiger partial charge in [0.15, 0.2) is 0 Å². The minimum Gasteiger partial charge on any atom is -0.494 e. The Morgan fingerprint density at radius 1 is 1.14 bits per heavy atom. The third-order valence-electron chi connectivity index (χ3n) is 3.97. The maximum absolute atomic E-state index is 5.83. The molecule has 0 aromatic heterocycles. The summed E-state index contributed by atoms with van der Waals surface area (Å²) in [7, 11) is 0. The van der Waals surface area contributed by atoms with Crippen LogP contribution in [0.25, 0.3) is 0 Å². The van der Waals surface area contributed by atoms with Gasteiger partial charge in [-0.3, -0.25) is 0 Å². The first-order chi connectivity index (χ1) is 10.3. The zero-order valence-corrected chi connectivity index (χ0v) is 12.2. The molecule has 21 heavy (non-hydrogen) atoms. The van der Waals surface area contributed by atoms with Crippen molar-refractivity contribution in [3.8, 4) is 5.75 Å². The van der Waals surface area contributed by atoms with E-state index in [4.69, 9.17) is 10.5 Å². The number of ether oxygens (including phenoxy) is 1. The number of benzene rings is 2. The number of nitrogens with two attached hydrogens (primary N) is 1. The van der Waals surface area contributed by atoms with Crippen molar-refractivity contribution in [1.29, 1.82) is 0 Å². The van der Waals surface area contributed by atoms with Crippen molar-refractivity contribution in [2.75, 3.05) is 18.9 Å². The van der Waals surface area contributed by atoms with Crippen LogP contribution < -0.4 is 15.8 Å².